The Morgan fingerprint density at radius 2 is 1.32 bits per heavy atom. The molecule has 0 saturated carbocycles. The van der Waals surface area contributed by atoms with Crippen molar-refractivity contribution in [2.75, 3.05) is 6.61 Å². The lowest BCUT2D eigenvalue weighted by atomic mass is 9.89. The molecule has 1 radical (unpaired) electrons. The molecule has 0 amide bonds. The van der Waals surface area contributed by atoms with Crippen LogP contribution in [0.15, 0.2) is 12.1 Å². The number of hydrogen-bond acceptors (Lipinski definition) is 0. The zero-order valence-electron chi connectivity index (χ0n) is 12.9. The first-order chi connectivity index (χ1) is 9.26. The topological polar surface area (TPSA) is 19.9 Å². The molecular weight excluding hydrogens is 232 g/mol. The summed E-state index contributed by atoms with van der Waals surface area (Å²) in [6.45, 7) is 6.77. The van der Waals surface area contributed by atoms with Crippen LogP contribution in [0.2, 0.25) is 0 Å². The van der Waals surface area contributed by atoms with Gasteiger partial charge in [0, 0.05) is 0 Å². The van der Waals surface area contributed by atoms with Gasteiger partial charge in [0.2, 0.25) is 0 Å². The molecule has 0 fully saturated rings. The molecule has 1 nitrogen and oxygen atoms in total. The molecule has 1 rings (SSSR count). The van der Waals surface area contributed by atoms with Crippen LogP contribution in [0.5, 0.6) is 0 Å². The van der Waals surface area contributed by atoms with Gasteiger partial charge in [-0.3, -0.25) is 0 Å². The van der Waals surface area contributed by atoms with Crippen molar-refractivity contribution in [2.45, 2.75) is 72.1 Å². The van der Waals surface area contributed by atoms with E-state index in [1.54, 1.807) is 0 Å². The molecule has 107 valence electrons. The van der Waals surface area contributed by atoms with Crippen LogP contribution < -0.4 is 0 Å². The smallest absolute Gasteiger partial charge is 0.0825 e. The van der Waals surface area contributed by atoms with Crippen LogP contribution in [0.25, 0.3) is 0 Å². The molecule has 1 aromatic rings. The third-order valence-corrected chi connectivity index (χ3v) is 3.64. The van der Waals surface area contributed by atoms with Gasteiger partial charge in [-0.1, -0.05) is 52.2 Å². The van der Waals surface area contributed by atoms with Crippen LogP contribution in [0.4, 0.5) is 0 Å². The highest BCUT2D eigenvalue weighted by molar-refractivity contribution is 5.40. The molecule has 1 aromatic carbocycles. The molecule has 0 aliphatic heterocycles. The van der Waals surface area contributed by atoms with E-state index in [-0.39, 0.29) is 6.61 Å². The highest BCUT2D eigenvalue weighted by Crippen LogP contribution is 2.23. The average molecular weight is 261 g/mol. The van der Waals surface area contributed by atoms with Crippen LogP contribution in [-0.2, 0) is 30.8 Å². The molecule has 0 aliphatic carbocycles. The third-order valence-electron chi connectivity index (χ3n) is 3.64. The highest BCUT2D eigenvalue weighted by Gasteiger charge is 2.10. The van der Waals surface area contributed by atoms with Crippen LogP contribution in [0.1, 0.15) is 68.7 Å². The lowest BCUT2D eigenvalue weighted by molar-refractivity contribution is 0.189. The molecule has 0 atom stereocenters. The van der Waals surface area contributed by atoms with Crippen molar-refractivity contribution in [3.05, 3.63) is 34.4 Å². The number of aryl methyl sites for hydroxylation is 3. The monoisotopic (exact) mass is 261 g/mol. The van der Waals surface area contributed by atoms with Gasteiger partial charge in [-0.05, 0) is 54.4 Å². The molecule has 19 heavy (non-hydrogen) atoms. The van der Waals surface area contributed by atoms with Crippen LogP contribution in [0.3, 0.4) is 0 Å². The average Bonchev–Trinajstić information content (AvgIpc) is 2.39. The Labute approximate surface area is 119 Å². The Kier molecular flexibility index (Phi) is 7.81. The van der Waals surface area contributed by atoms with Crippen LogP contribution in [-0.4, -0.2) is 6.61 Å². The Morgan fingerprint density at radius 1 is 0.789 bits per heavy atom. The van der Waals surface area contributed by atoms with E-state index in [0.717, 1.165) is 25.7 Å². The molecule has 1 heteroatoms. The van der Waals surface area contributed by atoms with Crippen LogP contribution in [0, 0.1) is 0 Å². The van der Waals surface area contributed by atoms with E-state index in [4.69, 9.17) is 0 Å². The van der Waals surface area contributed by atoms with E-state index >= 15 is 0 Å². The molecule has 0 spiro atoms. The van der Waals surface area contributed by atoms with Crippen molar-refractivity contribution in [1.29, 1.82) is 0 Å². The molecule has 0 bridgehead atoms. The molecule has 0 N–H and O–H groups in total. The number of hydrogen-bond donors (Lipinski definition) is 0. The maximum atomic E-state index is 10.8. The van der Waals surface area contributed by atoms with Gasteiger partial charge >= 0.3 is 0 Å². The summed E-state index contributed by atoms with van der Waals surface area (Å²) in [6.07, 6.45) is 8.81. The molecular formula is C18H29O. The second kappa shape index (κ2) is 9.14. The Morgan fingerprint density at radius 3 is 1.74 bits per heavy atom. The van der Waals surface area contributed by atoms with E-state index in [2.05, 4.69) is 32.9 Å². The van der Waals surface area contributed by atoms with Crippen molar-refractivity contribution in [1.82, 2.24) is 0 Å². The second-order valence-corrected chi connectivity index (χ2v) is 5.45. The first-order valence-corrected chi connectivity index (χ1v) is 7.98. The quantitative estimate of drug-likeness (QED) is 0.602. The normalized spacial score (nSPS) is 10.9. The van der Waals surface area contributed by atoms with Gasteiger partial charge in [-0.25, -0.2) is 5.11 Å². The predicted molar refractivity (Wildman–Crippen MR) is 82.3 cm³/mol. The largest absolute Gasteiger partial charge is 0.237 e. The van der Waals surface area contributed by atoms with Crippen molar-refractivity contribution in [3.8, 4) is 0 Å². The van der Waals surface area contributed by atoms with E-state index in [1.165, 1.54) is 47.9 Å². The van der Waals surface area contributed by atoms with Gasteiger partial charge in [0.05, 0.1) is 6.61 Å². The summed E-state index contributed by atoms with van der Waals surface area (Å²) in [5.41, 5.74) is 5.98. The Bertz CT molecular complexity index is 341. The van der Waals surface area contributed by atoms with Crippen LogP contribution >= 0.6 is 0 Å². The summed E-state index contributed by atoms with van der Waals surface area (Å²) in [6, 6.07) is 4.79. The van der Waals surface area contributed by atoms with Crippen molar-refractivity contribution >= 4 is 0 Å². The van der Waals surface area contributed by atoms with Crippen molar-refractivity contribution in [3.63, 3.8) is 0 Å². The van der Waals surface area contributed by atoms with E-state index in [9.17, 15) is 5.11 Å². The van der Waals surface area contributed by atoms with Crippen molar-refractivity contribution in [2.24, 2.45) is 0 Å². The third kappa shape index (κ3) is 4.99. The lowest BCUT2D eigenvalue weighted by Crippen LogP contribution is -2.04. The minimum absolute atomic E-state index is 0.0494. The molecule has 0 heterocycles. The molecule has 0 saturated heterocycles. The fraction of sp³-hybridized carbons (Fsp3) is 0.667. The summed E-state index contributed by atoms with van der Waals surface area (Å²) in [7, 11) is 0. The fourth-order valence-electron chi connectivity index (χ4n) is 2.86. The highest BCUT2D eigenvalue weighted by atomic mass is 16.2. The molecule has 0 aliphatic rings. The first-order valence-electron chi connectivity index (χ1n) is 7.98. The lowest BCUT2D eigenvalue weighted by Gasteiger charge is -2.17. The minimum Gasteiger partial charge on any atom is -0.237 e. The zero-order valence-corrected chi connectivity index (χ0v) is 12.9. The zero-order chi connectivity index (χ0) is 14.1. The summed E-state index contributed by atoms with van der Waals surface area (Å²) in [5, 5.41) is 10.8. The maximum absolute atomic E-state index is 10.8. The molecule has 0 aromatic heterocycles. The summed E-state index contributed by atoms with van der Waals surface area (Å²) < 4.78 is 0. The van der Waals surface area contributed by atoms with E-state index in [0.29, 0.717) is 0 Å². The predicted octanol–water partition coefficient (Wildman–Crippen LogP) is 4.91. The minimum atomic E-state index is 0.0494. The number of rotatable bonds is 9. The van der Waals surface area contributed by atoms with Crippen molar-refractivity contribution < 1.29 is 5.11 Å². The van der Waals surface area contributed by atoms with E-state index < -0.39 is 0 Å². The standard InChI is InChI=1S/C18H29O/c1-4-8-15-13-16(9-5-2)18(11-7-12-19)17(14-15)10-6-3/h13-14H,4-12H2,1-3H3. The molecule has 0 unspecified atom stereocenters. The summed E-state index contributed by atoms with van der Waals surface area (Å²) >= 11 is 0. The summed E-state index contributed by atoms with van der Waals surface area (Å²) in [5.74, 6) is 0. The van der Waals surface area contributed by atoms with Gasteiger partial charge in [0.25, 0.3) is 0 Å². The summed E-state index contributed by atoms with van der Waals surface area (Å²) in [4.78, 5) is 0. The SMILES string of the molecule is CCCc1cc(CCC)c(CCC[O])c(CCC)c1. The van der Waals surface area contributed by atoms with E-state index in [1.807, 2.05) is 0 Å². The van der Waals surface area contributed by atoms with Gasteiger partial charge < -0.3 is 0 Å². The fourth-order valence-corrected chi connectivity index (χ4v) is 2.86. The van der Waals surface area contributed by atoms with Gasteiger partial charge in [0.15, 0.2) is 0 Å². The second-order valence-electron chi connectivity index (χ2n) is 5.45. The Hall–Kier alpha value is -0.820. The van der Waals surface area contributed by atoms with Gasteiger partial charge in [-0.15, -0.1) is 0 Å². The maximum Gasteiger partial charge on any atom is 0.0825 e. The number of benzene rings is 1. The van der Waals surface area contributed by atoms with Gasteiger partial charge in [-0.2, -0.15) is 0 Å². The Balaban J connectivity index is 3.11. The van der Waals surface area contributed by atoms with Gasteiger partial charge in [0.1, 0.15) is 0 Å². The first kappa shape index (κ1) is 16.2.